The van der Waals surface area contributed by atoms with Gasteiger partial charge in [0.2, 0.25) is 0 Å². The van der Waals surface area contributed by atoms with Crippen molar-refractivity contribution in [3.63, 3.8) is 0 Å². The van der Waals surface area contributed by atoms with Crippen LogP contribution in [-0.4, -0.2) is 70.0 Å². The molecule has 2 atom stereocenters. The Labute approximate surface area is 598 Å². The largest absolute Gasteiger partial charge is 0.756 e. The Hall–Kier alpha value is -6.71. The lowest BCUT2D eigenvalue weighted by Crippen LogP contribution is -2.37. The van der Waals surface area contributed by atoms with E-state index in [2.05, 4.69) is 281 Å². The molecule has 0 aliphatic heterocycles. The van der Waals surface area contributed by atoms with Crippen molar-refractivity contribution in [1.29, 1.82) is 0 Å². The molecule has 0 heterocycles. The topological polar surface area (TPSA) is 111 Å². The number of likely N-dealkylation sites (N-methyl/N-ethyl adjacent to an activating group) is 1. The maximum absolute atomic E-state index is 12.9. The van der Waals surface area contributed by atoms with Crippen LogP contribution in [0.3, 0.4) is 0 Å². The molecule has 0 aromatic heterocycles. The van der Waals surface area contributed by atoms with Crippen molar-refractivity contribution in [3.05, 3.63) is 267 Å². The van der Waals surface area contributed by atoms with E-state index < -0.39 is 32.5 Å². The van der Waals surface area contributed by atoms with Crippen LogP contribution in [0.4, 0.5) is 0 Å². The second-order valence-electron chi connectivity index (χ2n) is 24.5. The summed E-state index contributed by atoms with van der Waals surface area (Å²) in [6.45, 7) is 3.88. The number of rotatable bonds is 64. The fraction of sp³-hybridized carbons (Fsp3) is 0.477. The van der Waals surface area contributed by atoms with Crippen LogP contribution in [0.1, 0.15) is 219 Å². The van der Waals surface area contributed by atoms with E-state index in [1.165, 1.54) is 0 Å². The molecule has 0 aromatic rings. The minimum absolute atomic E-state index is 0.0594. The van der Waals surface area contributed by atoms with Gasteiger partial charge in [0, 0.05) is 12.8 Å². The number of carbonyl (C=O) groups excluding carboxylic acids is 2. The Morgan fingerprint density at radius 2 is 0.551 bits per heavy atom. The summed E-state index contributed by atoms with van der Waals surface area (Å²) < 4.78 is 34.2. The zero-order chi connectivity index (χ0) is 71.1. The Bertz CT molecular complexity index is 2660. The van der Waals surface area contributed by atoms with E-state index in [0.717, 1.165) is 180 Å². The molecule has 0 aliphatic carbocycles. The smallest absolute Gasteiger partial charge is 0.306 e. The van der Waals surface area contributed by atoms with Crippen molar-refractivity contribution in [2.24, 2.45) is 0 Å². The van der Waals surface area contributed by atoms with Gasteiger partial charge >= 0.3 is 11.9 Å². The van der Waals surface area contributed by atoms with E-state index >= 15 is 0 Å². The average molecular weight is 1360 g/mol. The van der Waals surface area contributed by atoms with E-state index in [1.807, 2.05) is 21.1 Å². The molecule has 98 heavy (non-hydrogen) atoms. The van der Waals surface area contributed by atoms with Crippen molar-refractivity contribution < 1.29 is 42.1 Å². The molecular formula is C88H132NO8P. The molecule has 0 fully saturated rings. The molecule has 0 rings (SSSR count). The minimum Gasteiger partial charge on any atom is -0.756 e. The van der Waals surface area contributed by atoms with Gasteiger partial charge in [0.15, 0.2) is 6.10 Å². The van der Waals surface area contributed by atoms with Crippen molar-refractivity contribution in [2.75, 3.05) is 47.5 Å². The lowest BCUT2D eigenvalue weighted by molar-refractivity contribution is -0.870. The van der Waals surface area contributed by atoms with Crippen molar-refractivity contribution >= 4 is 19.8 Å². The number of ether oxygens (including phenoxy) is 2. The van der Waals surface area contributed by atoms with E-state index in [-0.39, 0.29) is 26.1 Å². The van der Waals surface area contributed by atoms with Gasteiger partial charge in [-0.2, -0.15) is 0 Å². The number of quaternary nitrogens is 1. The summed E-state index contributed by atoms with van der Waals surface area (Å²) in [6.07, 6.45) is 125. The maximum atomic E-state index is 12.9. The Morgan fingerprint density at radius 1 is 0.316 bits per heavy atom. The van der Waals surface area contributed by atoms with Gasteiger partial charge in [-0.1, -0.05) is 294 Å². The number of carbonyl (C=O) groups is 2. The molecule has 0 saturated carbocycles. The molecule has 542 valence electrons. The highest BCUT2D eigenvalue weighted by molar-refractivity contribution is 7.45. The highest BCUT2D eigenvalue weighted by Gasteiger charge is 2.22. The predicted octanol–water partition coefficient (Wildman–Crippen LogP) is 24.4. The van der Waals surface area contributed by atoms with Gasteiger partial charge in [0.05, 0.1) is 27.7 Å². The molecule has 9 nitrogen and oxygen atoms in total. The van der Waals surface area contributed by atoms with Crippen molar-refractivity contribution in [2.45, 2.75) is 225 Å². The number of allylic oxidation sites excluding steroid dienone is 44. The van der Waals surface area contributed by atoms with Gasteiger partial charge in [-0.3, -0.25) is 14.2 Å². The summed E-state index contributed by atoms with van der Waals surface area (Å²) in [5.74, 6) is -0.939. The number of hydrogen-bond donors (Lipinski definition) is 0. The summed E-state index contributed by atoms with van der Waals surface area (Å²) in [7, 11) is 1.08. The average Bonchev–Trinajstić information content (AvgIpc) is 1.08. The first-order valence-electron chi connectivity index (χ1n) is 37.0. The molecule has 2 unspecified atom stereocenters. The number of unbranched alkanes of at least 4 members (excludes halogenated alkanes) is 6. The first-order chi connectivity index (χ1) is 48.0. The Kier molecular flexibility index (Phi) is 69.4. The lowest BCUT2D eigenvalue weighted by Gasteiger charge is -2.28. The number of phosphoric acid groups is 1. The monoisotopic (exact) mass is 1360 g/mol. The summed E-state index contributed by atoms with van der Waals surface area (Å²) in [4.78, 5) is 38.1. The normalized spacial score (nSPS) is 14.6. The molecule has 10 heteroatoms. The molecule has 0 bridgehead atoms. The van der Waals surface area contributed by atoms with E-state index in [4.69, 9.17) is 18.5 Å². The van der Waals surface area contributed by atoms with Gasteiger partial charge in [-0.05, 0) is 180 Å². The third-order valence-corrected chi connectivity index (χ3v) is 15.2. The first kappa shape index (κ1) is 91.3. The van der Waals surface area contributed by atoms with Crippen molar-refractivity contribution in [1.82, 2.24) is 0 Å². The van der Waals surface area contributed by atoms with Gasteiger partial charge in [0.25, 0.3) is 7.82 Å². The summed E-state index contributed by atoms with van der Waals surface area (Å²) in [5.41, 5.74) is 0. The Morgan fingerprint density at radius 3 is 0.827 bits per heavy atom. The standard InChI is InChI=1S/C88H132NO8P/c1-6-8-10-12-14-16-18-20-22-24-26-28-30-32-34-36-38-40-41-42-43-44-45-46-47-49-51-53-55-57-59-61-63-65-67-69-71-73-75-77-79-81-88(91)97-86(85-96-98(92,93)95-83-82-89(3,4)5)84-94-87(90)80-78-76-74-72-70-68-66-64-62-60-58-56-54-52-50-48-39-37-35-33-31-29-27-25-23-21-19-17-15-13-11-9-7-2/h8-11,14-17,20-23,26-29,32-35,38-40,42-43,45-46,48-49,51-52,54-55,57-58,60-61,63-64,66-67,69-70,72,86H,6-7,12-13,18-19,24-25,30-31,36-37,41,44,47,50,53,56,59,62,65,68,71,73-85H2,1-5H3/b10-8-,11-9-,16-14-,17-15-,22-20-,23-21-,28-26-,29-27-,34-32-,35-33-,40-38-,43-42-,46-45-,48-39-,51-49-,54-52-,57-55-,60-58-,63-61-,66-64-,69-67-,72-70-. The summed E-state index contributed by atoms with van der Waals surface area (Å²) in [5, 5.41) is 0. The molecule has 0 aliphatic rings. The second-order valence-corrected chi connectivity index (χ2v) is 25.9. The lowest BCUT2D eigenvalue weighted by atomic mass is 10.1. The van der Waals surface area contributed by atoms with Gasteiger partial charge in [0.1, 0.15) is 19.8 Å². The molecule has 0 N–H and O–H groups in total. The minimum atomic E-state index is -4.68. The molecule has 0 spiro atoms. The highest BCUT2D eigenvalue weighted by Crippen LogP contribution is 2.38. The Balaban J connectivity index is 4.28. The second kappa shape index (κ2) is 74.5. The van der Waals surface area contributed by atoms with Crippen LogP contribution in [0, 0.1) is 0 Å². The molecule has 0 amide bonds. The fourth-order valence-corrected chi connectivity index (χ4v) is 9.39. The number of nitrogens with zero attached hydrogens (tertiary/aromatic N) is 1. The van der Waals surface area contributed by atoms with E-state index in [0.29, 0.717) is 23.9 Å². The van der Waals surface area contributed by atoms with Gasteiger partial charge < -0.3 is 27.9 Å². The van der Waals surface area contributed by atoms with Gasteiger partial charge in [-0.25, -0.2) is 0 Å². The number of hydrogen-bond acceptors (Lipinski definition) is 8. The number of phosphoric ester groups is 1. The first-order valence-corrected chi connectivity index (χ1v) is 38.5. The van der Waals surface area contributed by atoms with Crippen LogP contribution in [0.25, 0.3) is 0 Å². The maximum Gasteiger partial charge on any atom is 0.306 e. The highest BCUT2D eigenvalue weighted by atomic mass is 31.2. The quantitative estimate of drug-likeness (QED) is 0.0195. The fourth-order valence-electron chi connectivity index (χ4n) is 8.66. The summed E-state index contributed by atoms with van der Waals surface area (Å²) >= 11 is 0. The molecular weight excluding hydrogens is 1230 g/mol. The van der Waals surface area contributed by atoms with Crippen LogP contribution in [-0.2, 0) is 32.7 Å². The summed E-state index contributed by atoms with van der Waals surface area (Å²) in [6, 6.07) is 0. The van der Waals surface area contributed by atoms with Crippen LogP contribution < -0.4 is 4.89 Å². The van der Waals surface area contributed by atoms with Crippen LogP contribution >= 0.6 is 7.82 Å². The zero-order valence-corrected chi connectivity index (χ0v) is 62.5. The van der Waals surface area contributed by atoms with E-state index in [1.54, 1.807) is 0 Å². The van der Waals surface area contributed by atoms with Crippen LogP contribution in [0.15, 0.2) is 267 Å². The predicted molar refractivity (Wildman–Crippen MR) is 423 cm³/mol. The molecule has 0 saturated heterocycles. The van der Waals surface area contributed by atoms with Crippen LogP contribution in [0.2, 0.25) is 0 Å². The third-order valence-electron chi connectivity index (χ3n) is 14.2. The van der Waals surface area contributed by atoms with E-state index in [9.17, 15) is 19.0 Å². The van der Waals surface area contributed by atoms with Crippen molar-refractivity contribution in [3.8, 4) is 0 Å². The third kappa shape index (κ3) is 78.3. The van der Waals surface area contributed by atoms with Crippen LogP contribution in [0.5, 0.6) is 0 Å². The number of esters is 2. The molecule has 0 radical (unpaired) electrons. The van der Waals surface area contributed by atoms with Gasteiger partial charge in [-0.15, -0.1) is 0 Å². The zero-order valence-electron chi connectivity index (χ0n) is 61.6. The SMILES string of the molecule is CC/C=C\C/C=C\C/C=C\C/C=C\C/C=C\C/C=C\C/C=C\C/C=C\C/C=C\C/C=C\C/C=C\C/C=C\CCCCCCC(=O)OC(COC(=O)CCCC/C=C\C/C=C\C/C=C\C/C=C\C/C=C\C/C=C\C/C=C\C/C=C\C/C=C\C/C=C\CC)COP(=O)([O-])OCC[N+](C)(C)C. The molecule has 0 aromatic carbocycles.